The fourth-order valence-electron chi connectivity index (χ4n) is 1.45. The SMILES string of the molecule is C[C@@H](NC(=O)c1cnn2ccccc12)C(=O)O. The molecule has 0 aliphatic carbocycles. The lowest BCUT2D eigenvalue weighted by atomic mass is 10.2. The zero-order chi connectivity index (χ0) is 12.4. The summed E-state index contributed by atoms with van der Waals surface area (Å²) < 4.78 is 1.56. The Morgan fingerprint density at radius 2 is 2.24 bits per heavy atom. The fourth-order valence-corrected chi connectivity index (χ4v) is 1.45. The predicted molar refractivity (Wildman–Crippen MR) is 59.8 cm³/mol. The highest BCUT2D eigenvalue weighted by atomic mass is 16.4. The molecule has 88 valence electrons. The first-order valence-corrected chi connectivity index (χ1v) is 5.05. The first kappa shape index (κ1) is 11.1. The quantitative estimate of drug-likeness (QED) is 0.810. The van der Waals surface area contributed by atoms with E-state index in [9.17, 15) is 9.59 Å². The maximum absolute atomic E-state index is 11.8. The maximum Gasteiger partial charge on any atom is 0.325 e. The van der Waals surface area contributed by atoms with E-state index in [1.807, 2.05) is 0 Å². The van der Waals surface area contributed by atoms with Gasteiger partial charge in [0.2, 0.25) is 0 Å². The molecule has 0 bridgehead atoms. The van der Waals surface area contributed by atoms with Gasteiger partial charge < -0.3 is 10.4 Å². The number of hydrogen-bond donors (Lipinski definition) is 2. The van der Waals surface area contributed by atoms with Crippen molar-refractivity contribution >= 4 is 17.4 Å². The van der Waals surface area contributed by atoms with Crippen molar-refractivity contribution in [2.75, 3.05) is 0 Å². The molecule has 0 aromatic carbocycles. The number of pyridine rings is 1. The summed E-state index contributed by atoms with van der Waals surface area (Å²) >= 11 is 0. The number of aliphatic carboxylic acids is 1. The number of carbonyl (C=O) groups is 2. The molecular formula is C11H11N3O3. The van der Waals surface area contributed by atoms with Crippen LogP contribution in [0.5, 0.6) is 0 Å². The van der Waals surface area contributed by atoms with Crippen molar-refractivity contribution in [2.24, 2.45) is 0 Å². The Hall–Kier alpha value is -2.37. The Morgan fingerprint density at radius 3 is 2.94 bits per heavy atom. The number of rotatable bonds is 3. The van der Waals surface area contributed by atoms with E-state index in [2.05, 4.69) is 10.4 Å². The first-order chi connectivity index (χ1) is 8.09. The van der Waals surface area contributed by atoms with E-state index in [4.69, 9.17) is 5.11 Å². The van der Waals surface area contributed by atoms with Crippen LogP contribution in [-0.2, 0) is 4.79 Å². The molecule has 2 aromatic rings. The van der Waals surface area contributed by atoms with E-state index in [1.54, 1.807) is 28.9 Å². The van der Waals surface area contributed by atoms with Crippen LogP contribution in [0.25, 0.3) is 5.52 Å². The number of fused-ring (bicyclic) bond motifs is 1. The van der Waals surface area contributed by atoms with Gasteiger partial charge in [0.05, 0.1) is 17.3 Å². The molecule has 2 aromatic heterocycles. The second kappa shape index (κ2) is 4.25. The van der Waals surface area contributed by atoms with Gasteiger partial charge in [-0.2, -0.15) is 5.10 Å². The van der Waals surface area contributed by atoms with Crippen molar-refractivity contribution in [3.05, 3.63) is 36.2 Å². The van der Waals surface area contributed by atoms with Crippen LogP contribution in [0.2, 0.25) is 0 Å². The predicted octanol–water partition coefficient (Wildman–Crippen LogP) is 0.537. The number of nitrogens with zero attached hydrogens (tertiary/aromatic N) is 2. The summed E-state index contributed by atoms with van der Waals surface area (Å²) in [4.78, 5) is 22.4. The molecule has 17 heavy (non-hydrogen) atoms. The van der Waals surface area contributed by atoms with Crippen LogP contribution >= 0.6 is 0 Å². The summed E-state index contributed by atoms with van der Waals surface area (Å²) in [6.45, 7) is 1.41. The highest BCUT2D eigenvalue weighted by molar-refractivity contribution is 6.02. The number of aromatic nitrogens is 2. The monoisotopic (exact) mass is 233 g/mol. The van der Waals surface area contributed by atoms with Gasteiger partial charge in [0.1, 0.15) is 6.04 Å². The molecule has 2 heterocycles. The van der Waals surface area contributed by atoms with Gasteiger partial charge in [-0.15, -0.1) is 0 Å². The highest BCUT2D eigenvalue weighted by Crippen LogP contribution is 2.09. The Morgan fingerprint density at radius 1 is 1.47 bits per heavy atom. The number of nitrogens with one attached hydrogen (secondary N) is 1. The fraction of sp³-hybridized carbons (Fsp3) is 0.182. The Bertz CT molecular complexity index is 576. The Labute approximate surface area is 96.9 Å². The molecule has 6 nitrogen and oxygen atoms in total. The van der Waals surface area contributed by atoms with Gasteiger partial charge in [-0.3, -0.25) is 9.59 Å². The molecule has 0 aliphatic heterocycles. The number of hydrogen-bond acceptors (Lipinski definition) is 3. The van der Waals surface area contributed by atoms with Crippen LogP contribution in [0, 0.1) is 0 Å². The van der Waals surface area contributed by atoms with Crippen LogP contribution in [0.4, 0.5) is 0 Å². The maximum atomic E-state index is 11.8. The molecule has 2 rings (SSSR count). The van der Waals surface area contributed by atoms with E-state index in [-0.39, 0.29) is 0 Å². The molecule has 0 spiro atoms. The molecule has 0 fully saturated rings. The number of carboxylic acids is 1. The minimum Gasteiger partial charge on any atom is -0.480 e. The first-order valence-electron chi connectivity index (χ1n) is 5.05. The second-order valence-corrected chi connectivity index (χ2v) is 3.62. The zero-order valence-corrected chi connectivity index (χ0v) is 9.12. The molecule has 0 unspecified atom stereocenters. The molecule has 6 heteroatoms. The summed E-state index contributed by atoms with van der Waals surface area (Å²) in [5, 5.41) is 15.1. The van der Waals surface area contributed by atoms with Crippen molar-refractivity contribution in [3.63, 3.8) is 0 Å². The van der Waals surface area contributed by atoms with Crippen molar-refractivity contribution < 1.29 is 14.7 Å². The van der Waals surface area contributed by atoms with Crippen molar-refractivity contribution in [1.29, 1.82) is 0 Å². The van der Waals surface area contributed by atoms with Gasteiger partial charge in [-0.1, -0.05) is 6.07 Å². The third kappa shape index (κ3) is 2.10. The summed E-state index contributed by atoms with van der Waals surface area (Å²) in [5.41, 5.74) is 1.00. The van der Waals surface area contributed by atoms with Crippen molar-refractivity contribution in [3.8, 4) is 0 Å². The topological polar surface area (TPSA) is 83.7 Å². The average Bonchev–Trinajstić information content (AvgIpc) is 2.72. The molecule has 0 saturated carbocycles. The standard InChI is InChI=1S/C11H11N3O3/c1-7(11(16)17)13-10(15)8-6-12-14-5-3-2-4-9(8)14/h2-7H,1H3,(H,13,15)(H,16,17)/t7-/m1/s1. The summed E-state index contributed by atoms with van der Waals surface area (Å²) in [6.07, 6.45) is 3.13. The number of amides is 1. The number of carboxylic acid groups (broad SMARTS) is 1. The van der Waals surface area contributed by atoms with E-state index in [0.29, 0.717) is 11.1 Å². The van der Waals surface area contributed by atoms with Gasteiger partial charge in [-0.05, 0) is 19.1 Å². The van der Waals surface area contributed by atoms with E-state index >= 15 is 0 Å². The Balaban J connectivity index is 2.28. The third-order valence-electron chi connectivity index (χ3n) is 2.39. The van der Waals surface area contributed by atoms with Crippen LogP contribution in [0.15, 0.2) is 30.6 Å². The number of carbonyl (C=O) groups excluding carboxylic acids is 1. The van der Waals surface area contributed by atoms with Gasteiger partial charge in [0.15, 0.2) is 0 Å². The van der Waals surface area contributed by atoms with Crippen LogP contribution in [0.3, 0.4) is 0 Å². The normalized spacial score (nSPS) is 12.3. The van der Waals surface area contributed by atoms with E-state index in [1.165, 1.54) is 13.1 Å². The zero-order valence-electron chi connectivity index (χ0n) is 9.12. The minimum absolute atomic E-state index is 0.360. The lowest BCUT2D eigenvalue weighted by Crippen LogP contribution is -2.38. The van der Waals surface area contributed by atoms with E-state index < -0.39 is 17.9 Å². The molecule has 0 saturated heterocycles. The molecule has 2 N–H and O–H groups in total. The van der Waals surface area contributed by atoms with Gasteiger partial charge in [0.25, 0.3) is 5.91 Å². The van der Waals surface area contributed by atoms with Crippen LogP contribution < -0.4 is 5.32 Å². The van der Waals surface area contributed by atoms with Gasteiger partial charge in [-0.25, -0.2) is 4.52 Å². The summed E-state index contributed by atoms with van der Waals surface area (Å²) in [5.74, 6) is -1.52. The minimum atomic E-state index is -1.07. The van der Waals surface area contributed by atoms with E-state index in [0.717, 1.165) is 0 Å². The highest BCUT2D eigenvalue weighted by Gasteiger charge is 2.17. The molecular weight excluding hydrogens is 222 g/mol. The van der Waals surface area contributed by atoms with Crippen LogP contribution in [0.1, 0.15) is 17.3 Å². The smallest absolute Gasteiger partial charge is 0.325 e. The van der Waals surface area contributed by atoms with Crippen molar-refractivity contribution in [1.82, 2.24) is 14.9 Å². The third-order valence-corrected chi connectivity index (χ3v) is 2.39. The lowest BCUT2D eigenvalue weighted by molar-refractivity contribution is -0.138. The Kier molecular flexibility index (Phi) is 2.78. The molecule has 1 amide bonds. The lowest BCUT2D eigenvalue weighted by Gasteiger charge is -2.07. The second-order valence-electron chi connectivity index (χ2n) is 3.62. The molecule has 1 atom stereocenters. The largest absolute Gasteiger partial charge is 0.480 e. The summed E-state index contributed by atoms with van der Waals surface area (Å²) in [7, 11) is 0. The molecule has 0 radical (unpaired) electrons. The van der Waals surface area contributed by atoms with Gasteiger partial charge in [0, 0.05) is 6.20 Å². The van der Waals surface area contributed by atoms with Crippen LogP contribution in [-0.4, -0.2) is 32.6 Å². The van der Waals surface area contributed by atoms with Crippen molar-refractivity contribution in [2.45, 2.75) is 13.0 Å². The average molecular weight is 233 g/mol. The molecule has 0 aliphatic rings. The van der Waals surface area contributed by atoms with Gasteiger partial charge >= 0.3 is 5.97 Å². The summed E-state index contributed by atoms with van der Waals surface area (Å²) in [6, 6.07) is 4.39.